The van der Waals surface area contributed by atoms with Gasteiger partial charge in [-0.3, -0.25) is 4.90 Å². The number of benzene rings is 4. The Morgan fingerprint density at radius 1 is 0.917 bits per heavy atom. The predicted octanol–water partition coefficient (Wildman–Crippen LogP) is 7.55. The minimum atomic E-state index is -1.07. The van der Waals surface area contributed by atoms with E-state index in [9.17, 15) is 24.9 Å². The Morgan fingerprint density at radius 2 is 1.53 bits per heavy atom. The summed E-state index contributed by atoms with van der Waals surface area (Å²) < 4.78 is 23.1. The van der Waals surface area contributed by atoms with Crippen LogP contribution >= 0.6 is 11.8 Å². The number of carbonyl (C=O) groups excluding carboxylic acids is 2. The van der Waals surface area contributed by atoms with Gasteiger partial charge in [0, 0.05) is 52.3 Å². The first-order valence-corrected chi connectivity index (χ1v) is 21.6. The van der Waals surface area contributed by atoms with E-state index in [2.05, 4.69) is 34.5 Å². The van der Waals surface area contributed by atoms with Crippen LogP contribution in [0.25, 0.3) is 11.1 Å². The zero-order valence-corrected chi connectivity index (χ0v) is 36.7. The lowest BCUT2D eigenvalue weighted by Gasteiger charge is -2.47. The van der Waals surface area contributed by atoms with Crippen molar-refractivity contribution in [2.24, 2.45) is 0 Å². The molecule has 0 saturated heterocycles. The van der Waals surface area contributed by atoms with E-state index in [0.29, 0.717) is 47.6 Å². The fraction of sp³-hybridized carbons (Fsp3) is 0.447. The molecule has 0 spiro atoms. The molecular formula is C47H57N3O9S. The van der Waals surface area contributed by atoms with Crippen molar-refractivity contribution in [3.05, 3.63) is 99.1 Å². The van der Waals surface area contributed by atoms with E-state index in [1.807, 2.05) is 56.3 Å². The molecule has 2 aliphatic heterocycles. The molecule has 7 rings (SSSR count). The molecule has 60 heavy (non-hydrogen) atoms. The van der Waals surface area contributed by atoms with Gasteiger partial charge in [0.25, 0.3) is 0 Å². The van der Waals surface area contributed by atoms with Crippen LogP contribution in [0.4, 0.5) is 4.79 Å². The van der Waals surface area contributed by atoms with Gasteiger partial charge in [0.15, 0.2) is 23.0 Å². The van der Waals surface area contributed by atoms with Gasteiger partial charge in [-0.25, -0.2) is 9.59 Å². The summed E-state index contributed by atoms with van der Waals surface area (Å²) in [5.74, 6) is 0.771. The molecule has 0 aromatic heterocycles. The van der Waals surface area contributed by atoms with Gasteiger partial charge < -0.3 is 44.5 Å². The van der Waals surface area contributed by atoms with Crippen molar-refractivity contribution in [2.75, 3.05) is 53.0 Å². The highest BCUT2D eigenvalue weighted by molar-refractivity contribution is 7.99. The van der Waals surface area contributed by atoms with Crippen LogP contribution in [0.15, 0.2) is 54.6 Å². The number of phenolic OH excluding ortho intramolecular Hbond substituents is 3. The Hall–Kier alpha value is -5.11. The van der Waals surface area contributed by atoms with E-state index in [0.717, 1.165) is 16.7 Å². The van der Waals surface area contributed by atoms with Crippen LogP contribution in [0.2, 0.25) is 0 Å². The number of nitrogens with one attached hydrogen (secondary N) is 1. The molecule has 0 saturated carbocycles. The topological polar surface area (TPSA) is 150 Å². The Balaban J connectivity index is 1.21. The van der Waals surface area contributed by atoms with Crippen molar-refractivity contribution < 1.29 is 43.9 Å². The second-order valence-electron chi connectivity index (χ2n) is 17.2. The van der Waals surface area contributed by atoms with Crippen molar-refractivity contribution in [1.82, 2.24) is 15.1 Å². The van der Waals surface area contributed by atoms with Gasteiger partial charge in [-0.15, -0.1) is 0 Å². The summed E-state index contributed by atoms with van der Waals surface area (Å²) in [7, 11) is 6.86. The summed E-state index contributed by atoms with van der Waals surface area (Å²) in [4.78, 5) is 31.8. The zero-order valence-electron chi connectivity index (χ0n) is 35.9. The number of ether oxygens (including phenoxy) is 4. The van der Waals surface area contributed by atoms with E-state index in [-0.39, 0.29) is 47.3 Å². The third-order valence-corrected chi connectivity index (χ3v) is 13.2. The average Bonchev–Trinajstić information content (AvgIpc) is 3.41. The molecule has 4 aromatic rings. The van der Waals surface area contributed by atoms with Crippen molar-refractivity contribution in [3.8, 4) is 39.9 Å². The van der Waals surface area contributed by atoms with Gasteiger partial charge in [-0.2, -0.15) is 11.8 Å². The second kappa shape index (κ2) is 17.1. The van der Waals surface area contributed by atoms with Gasteiger partial charge in [-0.05, 0) is 94.9 Å². The molecule has 13 heteroatoms. The molecule has 3 aliphatic rings. The molecule has 4 atom stereocenters. The number of methoxy groups -OCH3 is 2. The number of rotatable bonds is 11. The van der Waals surface area contributed by atoms with Crippen LogP contribution < -0.4 is 14.8 Å². The van der Waals surface area contributed by atoms with Gasteiger partial charge in [0.2, 0.25) is 0 Å². The van der Waals surface area contributed by atoms with E-state index in [1.54, 1.807) is 39.5 Å². The Morgan fingerprint density at radius 3 is 2.13 bits per heavy atom. The fourth-order valence-electron chi connectivity index (χ4n) is 9.56. The SMILES string of the molecule is COc1c(C)cc2c(c1O)C(N(C)C)C1Cc3c(O)c(C)c(OC)c(O)c3C(COC(=O)C(CSCC3c4ccccc4-c4ccccc43)NC(=O)OC(C)(C)C)N1CC2. The highest BCUT2D eigenvalue weighted by Gasteiger charge is 2.47. The minimum Gasteiger partial charge on any atom is -0.507 e. The number of aromatic hydroxyl groups is 3. The van der Waals surface area contributed by atoms with E-state index < -0.39 is 35.8 Å². The molecular weight excluding hydrogens is 783 g/mol. The molecule has 0 fully saturated rings. The number of carbonyl (C=O) groups is 2. The largest absolute Gasteiger partial charge is 0.507 e. The standard InChI is InChI=1S/C47H57N3O9S/c1-25-20-27-18-19-50-35(39(49(6)7)37(27)41(52)43(25)56-8)21-32-38(42(53)44(57-9)26(2)40(32)51)36(50)22-58-45(54)34(48-46(55)59-47(3,4)5)24-60-23-33-30-16-12-10-14-28(30)29-15-11-13-17-31(29)33/h10-17,20,33-36,39,51-53H,18-19,21-24H2,1-9H3,(H,48,55). The van der Waals surface area contributed by atoms with Crippen molar-refractivity contribution >= 4 is 23.8 Å². The molecule has 4 aromatic carbocycles. The first-order valence-electron chi connectivity index (χ1n) is 20.4. The van der Waals surface area contributed by atoms with Crippen LogP contribution in [0.3, 0.4) is 0 Å². The number of fused-ring (bicyclic) bond motifs is 6. The number of thioether (sulfide) groups is 1. The number of hydrogen-bond acceptors (Lipinski definition) is 12. The van der Waals surface area contributed by atoms with Crippen LogP contribution in [-0.4, -0.2) is 108 Å². The second-order valence-corrected chi connectivity index (χ2v) is 18.2. The van der Waals surface area contributed by atoms with E-state index in [4.69, 9.17) is 18.9 Å². The van der Waals surface area contributed by atoms with E-state index >= 15 is 0 Å². The van der Waals surface area contributed by atoms with Crippen LogP contribution in [0.5, 0.6) is 28.7 Å². The maximum atomic E-state index is 14.4. The van der Waals surface area contributed by atoms with Crippen molar-refractivity contribution in [3.63, 3.8) is 0 Å². The third kappa shape index (κ3) is 7.94. The number of esters is 1. The molecule has 2 heterocycles. The van der Waals surface area contributed by atoms with Crippen molar-refractivity contribution in [1.29, 1.82) is 0 Å². The van der Waals surface area contributed by atoms with Gasteiger partial charge >= 0.3 is 12.1 Å². The predicted molar refractivity (Wildman–Crippen MR) is 233 cm³/mol. The first-order chi connectivity index (χ1) is 28.6. The fourth-order valence-corrected chi connectivity index (χ4v) is 10.8. The number of phenols is 3. The highest BCUT2D eigenvalue weighted by atomic mass is 32.2. The number of amides is 1. The Kier molecular flexibility index (Phi) is 12.3. The van der Waals surface area contributed by atoms with Gasteiger partial charge in [0.05, 0.1) is 26.3 Å². The molecule has 4 unspecified atom stereocenters. The van der Waals surface area contributed by atoms with Crippen LogP contribution in [0.1, 0.15) is 83.3 Å². The summed E-state index contributed by atoms with van der Waals surface area (Å²) in [5, 5.41) is 38.2. The molecule has 0 radical (unpaired) electrons. The Labute approximate surface area is 356 Å². The lowest BCUT2D eigenvalue weighted by atomic mass is 9.81. The highest BCUT2D eigenvalue weighted by Crippen LogP contribution is 2.54. The zero-order chi connectivity index (χ0) is 43.2. The monoisotopic (exact) mass is 839 g/mol. The smallest absolute Gasteiger partial charge is 0.408 e. The maximum Gasteiger partial charge on any atom is 0.408 e. The number of aryl methyl sites for hydroxylation is 1. The van der Waals surface area contributed by atoms with Crippen LogP contribution in [-0.2, 0) is 27.1 Å². The summed E-state index contributed by atoms with van der Waals surface area (Å²) in [6.45, 7) is 9.13. The number of nitrogens with zero attached hydrogens (tertiary/aromatic N) is 2. The maximum absolute atomic E-state index is 14.4. The first kappa shape index (κ1) is 43.0. The average molecular weight is 840 g/mol. The van der Waals surface area contributed by atoms with Crippen molar-refractivity contribution in [2.45, 2.75) is 83.1 Å². The van der Waals surface area contributed by atoms with Gasteiger partial charge in [-0.1, -0.05) is 54.6 Å². The quantitative estimate of drug-likeness (QED) is 0.0873. The molecule has 4 N–H and O–H groups in total. The minimum absolute atomic E-state index is 0.0146. The lowest BCUT2D eigenvalue weighted by molar-refractivity contribution is -0.148. The molecule has 12 nitrogen and oxygen atoms in total. The summed E-state index contributed by atoms with van der Waals surface area (Å²) in [6.07, 6.45) is 0.114. The molecule has 1 aliphatic carbocycles. The summed E-state index contributed by atoms with van der Waals surface area (Å²) in [6, 6.07) is 16.2. The molecule has 0 bridgehead atoms. The number of hydrogen-bond donors (Lipinski definition) is 4. The molecule has 320 valence electrons. The normalized spacial score (nSPS) is 18.9. The third-order valence-electron chi connectivity index (χ3n) is 12.1. The molecule has 1 amide bonds. The van der Waals surface area contributed by atoms with E-state index in [1.165, 1.54) is 36.5 Å². The van der Waals surface area contributed by atoms with Crippen LogP contribution in [0, 0.1) is 13.8 Å². The van der Waals surface area contributed by atoms with Gasteiger partial charge in [0.1, 0.15) is 24.0 Å². The number of alkyl carbamates (subject to hydrolysis) is 1. The number of likely N-dealkylation sites (N-methyl/N-ethyl adjacent to an activating group) is 1. The summed E-state index contributed by atoms with van der Waals surface area (Å²) in [5.41, 5.74) is 7.84. The summed E-state index contributed by atoms with van der Waals surface area (Å²) >= 11 is 1.55. The Bertz CT molecular complexity index is 2240. The lowest BCUT2D eigenvalue weighted by Crippen LogP contribution is -2.51.